The van der Waals surface area contributed by atoms with Gasteiger partial charge in [0.2, 0.25) is 0 Å². The first-order valence-corrected chi connectivity index (χ1v) is 8.51. The van der Waals surface area contributed by atoms with Crippen LogP contribution in [-0.2, 0) is 0 Å². The summed E-state index contributed by atoms with van der Waals surface area (Å²) in [6.45, 7) is 0. The van der Waals surface area contributed by atoms with E-state index in [-0.39, 0.29) is 16.6 Å². The number of halogens is 1. The van der Waals surface area contributed by atoms with Crippen LogP contribution >= 0.6 is 23.4 Å². The van der Waals surface area contributed by atoms with Crippen molar-refractivity contribution in [3.8, 4) is 17.4 Å². The molecule has 9 heteroatoms. The maximum absolute atomic E-state index is 11.6. The fourth-order valence-corrected chi connectivity index (χ4v) is 3.05. The highest BCUT2D eigenvalue weighted by atomic mass is 35.5. The summed E-state index contributed by atoms with van der Waals surface area (Å²) < 4.78 is 10.8. The third-order valence-electron chi connectivity index (χ3n) is 3.24. The van der Waals surface area contributed by atoms with Crippen LogP contribution in [0.4, 0.5) is 5.69 Å². The van der Waals surface area contributed by atoms with E-state index < -0.39 is 4.92 Å². The number of aromatic nitrogens is 2. The number of hydrogen-bond donors (Lipinski definition) is 0. The van der Waals surface area contributed by atoms with E-state index in [0.29, 0.717) is 16.5 Å². The van der Waals surface area contributed by atoms with E-state index in [0.717, 1.165) is 16.7 Å². The van der Waals surface area contributed by atoms with Gasteiger partial charge in [-0.25, -0.2) is 4.98 Å². The van der Waals surface area contributed by atoms with Crippen LogP contribution in [0.2, 0.25) is 5.02 Å². The summed E-state index contributed by atoms with van der Waals surface area (Å²) in [6, 6.07) is 13.7. The van der Waals surface area contributed by atoms with Crippen molar-refractivity contribution < 1.29 is 14.4 Å². The molecule has 0 fully saturated rings. The maximum atomic E-state index is 11.6. The van der Waals surface area contributed by atoms with Crippen molar-refractivity contribution in [2.75, 3.05) is 7.11 Å². The van der Waals surface area contributed by atoms with E-state index >= 15 is 0 Å². The van der Waals surface area contributed by atoms with Gasteiger partial charge in [0, 0.05) is 9.92 Å². The molecule has 132 valence electrons. The van der Waals surface area contributed by atoms with Crippen LogP contribution in [0.5, 0.6) is 17.4 Å². The first-order valence-electron chi connectivity index (χ1n) is 7.32. The van der Waals surface area contributed by atoms with Crippen LogP contribution < -0.4 is 9.47 Å². The molecule has 0 aliphatic carbocycles. The minimum atomic E-state index is -0.566. The molecule has 0 amide bonds. The molecule has 0 aliphatic rings. The Morgan fingerprint density at radius 3 is 2.42 bits per heavy atom. The zero-order valence-electron chi connectivity index (χ0n) is 13.5. The molecular formula is C17H12ClN3O4S. The lowest BCUT2D eigenvalue weighted by atomic mass is 10.3. The van der Waals surface area contributed by atoms with Gasteiger partial charge < -0.3 is 9.47 Å². The molecule has 0 radical (unpaired) electrons. The summed E-state index contributed by atoms with van der Waals surface area (Å²) in [6.07, 6.45) is 1.22. The van der Waals surface area contributed by atoms with Crippen molar-refractivity contribution in [1.82, 2.24) is 9.97 Å². The number of nitro groups is 1. The monoisotopic (exact) mass is 389 g/mol. The first kappa shape index (κ1) is 18.0. The zero-order valence-corrected chi connectivity index (χ0v) is 15.0. The van der Waals surface area contributed by atoms with Crippen molar-refractivity contribution in [3.05, 3.63) is 70.0 Å². The highest BCUT2D eigenvalue weighted by molar-refractivity contribution is 7.99. The van der Waals surface area contributed by atoms with Crippen molar-refractivity contribution in [2.45, 2.75) is 9.92 Å². The Bertz CT molecular complexity index is 938. The lowest BCUT2D eigenvalue weighted by molar-refractivity contribution is -0.389. The topological polar surface area (TPSA) is 87.4 Å². The maximum Gasteiger partial charge on any atom is 0.363 e. The molecular weight excluding hydrogens is 378 g/mol. The van der Waals surface area contributed by atoms with Gasteiger partial charge in [0.15, 0.2) is 16.5 Å². The minimum absolute atomic E-state index is 0.161. The molecule has 0 saturated carbocycles. The van der Waals surface area contributed by atoms with Gasteiger partial charge in [-0.2, -0.15) is 4.98 Å². The van der Waals surface area contributed by atoms with Crippen LogP contribution in [0.1, 0.15) is 0 Å². The summed E-state index contributed by atoms with van der Waals surface area (Å²) in [5.41, 5.74) is -0.321. The number of ether oxygens (including phenoxy) is 2. The first-order chi connectivity index (χ1) is 12.6. The number of methoxy groups -OCH3 is 1. The predicted octanol–water partition coefficient (Wildman–Crippen LogP) is 4.99. The van der Waals surface area contributed by atoms with Crippen molar-refractivity contribution in [3.63, 3.8) is 0 Å². The summed E-state index contributed by atoms with van der Waals surface area (Å²) >= 11 is 6.99. The molecule has 1 heterocycles. The highest BCUT2D eigenvalue weighted by Gasteiger charge is 2.26. The van der Waals surface area contributed by atoms with Crippen LogP contribution in [0, 0.1) is 10.1 Å². The smallest absolute Gasteiger partial charge is 0.363 e. The van der Waals surface area contributed by atoms with E-state index in [1.807, 2.05) is 0 Å². The molecule has 0 bridgehead atoms. The van der Waals surface area contributed by atoms with Crippen LogP contribution in [0.25, 0.3) is 0 Å². The molecule has 0 atom stereocenters. The summed E-state index contributed by atoms with van der Waals surface area (Å²) in [5.74, 6) is 0.595. The van der Waals surface area contributed by atoms with Crippen LogP contribution in [0.15, 0.2) is 64.8 Å². The molecule has 0 unspecified atom stereocenters. The van der Waals surface area contributed by atoms with E-state index in [9.17, 15) is 10.1 Å². The molecule has 2 aromatic carbocycles. The third-order valence-corrected chi connectivity index (χ3v) is 4.49. The molecule has 0 N–H and O–H groups in total. The number of benzene rings is 2. The zero-order chi connectivity index (χ0) is 18.5. The minimum Gasteiger partial charge on any atom is -0.493 e. The molecule has 0 aliphatic heterocycles. The van der Waals surface area contributed by atoms with Crippen molar-refractivity contribution in [1.29, 1.82) is 0 Å². The Kier molecular flexibility index (Phi) is 5.55. The Morgan fingerprint density at radius 1 is 1.08 bits per heavy atom. The van der Waals surface area contributed by atoms with Gasteiger partial charge in [-0.1, -0.05) is 35.5 Å². The molecule has 7 nitrogen and oxygen atoms in total. The van der Waals surface area contributed by atoms with Crippen molar-refractivity contribution >= 4 is 29.1 Å². The SMILES string of the molecule is COc1ccccc1Oc1ncnc(Sc2ccc(Cl)cc2)c1[N+](=O)[O-]. The van der Waals surface area contributed by atoms with Crippen LogP contribution in [-0.4, -0.2) is 22.0 Å². The van der Waals surface area contributed by atoms with Gasteiger partial charge in [-0.15, -0.1) is 0 Å². The number of hydrogen-bond acceptors (Lipinski definition) is 7. The van der Waals surface area contributed by atoms with E-state index in [2.05, 4.69) is 9.97 Å². The summed E-state index contributed by atoms with van der Waals surface area (Å²) in [4.78, 5) is 19.7. The average molecular weight is 390 g/mol. The van der Waals surface area contributed by atoms with Crippen LogP contribution in [0.3, 0.4) is 0 Å². The molecule has 0 saturated heterocycles. The third kappa shape index (κ3) is 4.04. The highest BCUT2D eigenvalue weighted by Crippen LogP contribution is 2.40. The van der Waals surface area contributed by atoms with Crippen molar-refractivity contribution in [2.24, 2.45) is 0 Å². The second-order valence-electron chi connectivity index (χ2n) is 4.90. The van der Waals surface area contributed by atoms with E-state index in [4.69, 9.17) is 21.1 Å². The number of para-hydroxylation sites is 2. The molecule has 1 aromatic heterocycles. The predicted molar refractivity (Wildman–Crippen MR) is 97.3 cm³/mol. The molecule has 3 rings (SSSR count). The van der Waals surface area contributed by atoms with E-state index in [1.54, 1.807) is 48.5 Å². The normalized spacial score (nSPS) is 10.4. The fraction of sp³-hybridized carbons (Fsp3) is 0.0588. The molecule has 3 aromatic rings. The van der Waals surface area contributed by atoms with Gasteiger partial charge in [-0.05, 0) is 36.4 Å². The largest absolute Gasteiger partial charge is 0.493 e. The summed E-state index contributed by atoms with van der Waals surface area (Å²) in [7, 11) is 1.48. The lowest BCUT2D eigenvalue weighted by Crippen LogP contribution is -2.00. The number of nitrogens with zero attached hydrogens (tertiary/aromatic N) is 3. The lowest BCUT2D eigenvalue weighted by Gasteiger charge is -2.10. The Labute approximate surface area is 158 Å². The number of rotatable bonds is 6. The molecule has 0 spiro atoms. The van der Waals surface area contributed by atoms with E-state index in [1.165, 1.54) is 13.4 Å². The van der Waals surface area contributed by atoms with Gasteiger partial charge in [0.25, 0.3) is 0 Å². The fourth-order valence-electron chi connectivity index (χ4n) is 2.07. The average Bonchev–Trinajstić information content (AvgIpc) is 2.64. The van der Waals surface area contributed by atoms with Gasteiger partial charge >= 0.3 is 11.6 Å². The Hall–Kier alpha value is -2.84. The van der Waals surface area contributed by atoms with Gasteiger partial charge in [0.1, 0.15) is 6.33 Å². The Morgan fingerprint density at radius 2 is 1.77 bits per heavy atom. The summed E-state index contributed by atoms with van der Waals surface area (Å²) in [5, 5.41) is 12.4. The standard InChI is InChI=1S/C17H12ClN3O4S/c1-24-13-4-2-3-5-14(13)25-16-15(21(22)23)17(20-10-19-16)26-12-8-6-11(18)7-9-12/h2-10H,1H3. The second kappa shape index (κ2) is 8.03. The second-order valence-corrected chi connectivity index (χ2v) is 6.40. The quantitative estimate of drug-likeness (QED) is 0.333. The Balaban J connectivity index is 1.98. The van der Waals surface area contributed by atoms with Gasteiger partial charge in [0.05, 0.1) is 12.0 Å². The molecule has 26 heavy (non-hydrogen) atoms. The van der Waals surface area contributed by atoms with Gasteiger partial charge in [-0.3, -0.25) is 10.1 Å².